The number of anilines is 1. The van der Waals surface area contributed by atoms with Crippen molar-refractivity contribution < 1.29 is 0 Å². The number of pyridine rings is 1. The summed E-state index contributed by atoms with van der Waals surface area (Å²) in [6.07, 6.45) is 3.32. The SMILES string of the molecule is Cc1ccc(-c2cc(=O)[nH]c(-c3ccncc3)n2)cc1N. The zero-order valence-electron chi connectivity index (χ0n) is 11.5. The summed E-state index contributed by atoms with van der Waals surface area (Å²) in [6.45, 7) is 1.94. The van der Waals surface area contributed by atoms with Gasteiger partial charge in [0.1, 0.15) is 5.82 Å². The highest BCUT2D eigenvalue weighted by Gasteiger charge is 2.07. The van der Waals surface area contributed by atoms with Crippen molar-refractivity contribution in [1.29, 1.82) is 0 Å². The van der Waals surface area contributed by atoms with Gasteiger partial charge in [-0.1, -0.05) is 12.1 Å². The van der Waals surface area contributed by atoms with Gasteiger partial charge in [0.15, 0.2) is 0 Å². The lowest BCUT2D eigenvalue weighted by atomic mass is 10.1. The summed E-state index contributed by atoms with van der Waals surface area (Å²) in [6, 6.07) is 10.7. The Morgan fingerprint density at radius 1 is 1.05 bits per heavy atom. The van der Waals surface area contributed by atoms with Crippen LogP contribution in [0.25, 0.3) is 22.6 Å². The smallest absolute Gasteiger partial charge is 0.251 e. The van der Waals surface area contributed by atoms with Crippen molar-refractivity contribution in [3.8, 4) is 22.6 Å². The molecule has 0 aliphatic rings. The third kappa shape index (κ3) is 2.67. The number of nitrogens with one attached hydrogen (secondary N) is 1. The van der Waals surface area contributed by atoms with Crippen molar-refractivity contribution in [3.05, 3.63) is 64.7 Å². The van der Waals surface area contributed by atoms with Crippen LogP contribution >= 0.6 is 0 Å². The summed E-state index contributed by atoms with van der Waals surface area (Å²) in [5.41, 5.74) is 9.62. The Kier molecular flexibility index (Phi) is 3.23. The van der Waals surface area contributed by atoms with E-state index in [1.807, 2.05) is 25.1 Å². The van der Waals surface area contributed by atoms with E-state index in [9.17, 15) is 4.79 Å². The van der Waals surface area contributed by atoms with Crippen LogP contribution < -0.4 is 11.3 Å². The van der Waals surface area contributed by atoms with Crippen LogP contribution in [0.3, 0.4) is 0 Å². The Labute approximate surface area is 121 Å². The fraction of sp³-hybridized carbons (Fsp3) is 0.0625. The Morgan fingerprint density at radius 3 is 2.52 bits per heavy atom. The van der Waals surface area contributed by atoms with E-state index in [1.54, 1.807) is 24.5 Å². The summed E-state index contributed by atoms with van der Waals surface area (Å²) in [5, 5.41) is 0. The molecule has 2 heterocycles. The Hall–Kier alpha value is -2.95. The maximum absolute atomic E-state index is 11.9. The van der Waals surface area contributed by atoms with Crippen molar-refractivity contribution in [2.75, 3.05) is 5.73 Å². The maximum atomic E-state index is 11.9. The van der Waals surface area contributed by atoms with Crippen LogP contribution in [0.15, 0.2) is 53.6 Å². The molecule has 2 aromatic heterocycles. The van der Waals surface area contributed by atoms with Gasteiger partial charge in [0.05, 0.1) is 5.69 Å². The lowest BCUT2D eigenvalue weighted by Gasteiger charge is -2.06. The van der Waals surface area contributed by atoms with E-state index in [0.717, 1.165) is 16.7 Å². The molecule has 0 saturated carbocycles. The van der Waals surface area contributed by atoms with E-state index >= 15 is 0 Å². The predicted octanol–water partition coefficient (Wildman–Crippen LogP) is 2.39. The first kappa shape index (κ1) is 13.1. The molecule has 104 valence electrons. The highest BCUT2D eigenvalue weighted by molar-refractivity contribution is 5.67. The van der Waals surface area contributed by atoms with Crippen LogP contribution in [0.4, 0.5) is 5.69 Å². The number of hydrogen-bond acceptors (Lipinski definition) is 4. The largest absolute Gasteiger partial charge is 0.398 e. The predicted molar refractivity (Wildman–Crippen MR) is 82.7 cm³/mol. The zero-order valence-corrected chi connectivity index (χ0v) is 11.5. The number of nitrogens with two attached hydrogens (primary N) is 1. The quantitative estimate of drug-likeness (QED) is 0.705. The molecule has 3 rings (SSSR count). The highest BCUT2D eigenvalue weighted by Crippen LogP contribution is 2.22. The summed E-state index contributed by atoms with van der Waals surface area (Å²) >= 11 is 0. The molecule has 1 aromatic carbocycles. The van der Waals surface area contributed by atoms with E-state index in [4.69, 9.17) is 5.73 Å². The minimum Gasteiger partial charge on any atom is -0.398 e. The lowest BCUT2D eigenvalue weighted by molar-refractivity contribution is 1.13. The number of hydrogen-bond donors (Lipinski definition) is 2. The normalized spacial score (nSPS) is 10.5. The maximum Gasteiger partial charge on any atom is 0.251 e. The molecule has 0 fully saturated rings. The summed E-state index contributed by atoms with van der Waals surface area (Å²) in [5.74, 6) is 0.513. The zero-order chi connectivity index (χ0) is 14.8. The number of rotatable bonds is 2. The van der Waals surface area contributed by atoms with Crippen molar-refractivity contribution in [1.82, 2.24) is 15.0 Å². The minimum atomic E-state index is -0.203. The highest BCUT2D eigenvalue weighted by atomic mass is 16.1. The molecule has 0 saturated heterocycles. The van der Waals surface area contributed by atoms with E-state index in [1.165, 1.54) is 6.07 Å². The first-order chi connectivity index (χ1) is 10.1. The monoisotopic (exact) mass is 278 g/mol. The number of nitrogen functional groups attached to an aromatic ring is 1. The Morgan fingerprint density at radius 2 is 1.81 bits per heavy atom. The molecule has 0 bridgehead atoms. The third-order valence-corrected chi connectivity index (χ3v) is 3.27. The summed E-state index contributed by atoms with van der Waals surface area (Å²) in [7, 11) is 0. The van der Waals surface area contributed by atoms with Crippen LogP contribution in [0.1, 0.15) is 5.56 Å². The molecule has 3 N–H and O–H groups in total. The molecule has 0 aliphatic heterocycles. The molecule has 0 radical (unpaired) electrons. The van der Waals surface area contributed by atoms with Crippen molar-refractivity contribution in [3.63, 3.8) is 0 Å². The van der Waals surface area contributed by atoms with E-state index in [0.29, 0.717) is 17.2 Å². The van der Waals surface area contributed by atoms with Gasteiger partial charge in [0, 0.05) is 35.3 Å². The second-order valence-corrected chi connectivity index (χ2v) is 4.79. The summed E-state index contributed by atoms with van der Waals surface area (Å²) < 4.78 is 0. The molecule has 5 heteroatoms. The standard InChI is InChI=1S/C16H14N4O/c1-10-2-3-12(8-13(10)17)14-9-15(21)20-16(19-14)11-4-6-18-7-5-11/h2-9H,17H2,1H3,(H,19,20,21). The minimum absolute atomic E-state index is 0.203. The molecule has 3 aromatic rings. The van der Waals surface area contributed by atoms with Gasteiger partial charge in [-0.3, -0.25) is 9.78 Å². The number of aryl methyl sites for hydroxylation is 1. The van der Waals surface area contributed by atoms with Gasteiger partial charge in [-0.25, -0.2) is 4.98 Å². The van der Waals surface area contributed by atoms with Gasteiger partial charge in [-0.15, -0.1) is 0 Å². The summed E-state index contributed by atoms with van der Waals surface area (Å²) in [4.78, 5) is 23.1. The van der Waals surface area contributed by atoms with E-state index in [-0.39, 0.29) is 5.56 Å². The third-order valence-electron chi connectivity index (χ3n) is 3.27. The fourth-order valence-corrected chi connectivity index (χ4v) is 2.05. The van der Waals surface area contributed by atoms with Gasteiger partial charge < -0.3 is 10.7 Å². The number of H-pyrrole nitrogens is 1. The van der Waals surface area contributed by atoms with Crippen LogP contribution in [-0.4, -0.2) is 15.0 Å². The van der Waals surface area contributed by atoms with Crippen molar-refractivity contribution >= 4 is 5.69 Å². The number of benzene rings is 1. The topological polar surface area (TPSA) is 84.7 Å². The molecular formula is C16H14N4O. The molecular weight excluding hydrogens is 264 g/mol. The second kappa shape index (κ2) is 5.20. The average molecular weight is 278 g/mol. The molecule has 0 spiro atoms. The average Bonchev–Trinajstić information content (AvgIpc) is 2.50. The number of aromatic nitrogens is 3. The Balaban J connectivity index is 2.14. The van der Waals surface area contributed by atoms with Crippen LogP contribution in [-0.2, 0) is 0 Å². The first-order valence-corrected chi connectivity index (χ1v) is 6.52. The van der Waals surface area contributed by atoms with Gasteiger partial charge in [0.25, 0.3) is 5.56 Å². The van der Waals surface area contributed by atoms with Crippen LogP contribution in [0, 0.1) is 6.92 Å². The fourth-order valence-electron chi connectivity index (χ4n) is 2.05. The van der Waals surface area contributed by atoms with E-state index < -0.39 is 0 Å². The molecule has 0 aliphatic carbocycles. The molecule has 0 atom stereocenters. The van der Waals surface area contributed by atoms with Gasteiger partial charge in [-0.2, -0.15) is 0 Å². The molecule has 5 nitrogen and oxygen atoms in total. The van der Waals surface area contributed by atoms with Crippen molar-refractivity contribution in [2.24, 2.45) is 0 Å². The van der Waals surface area contributed by atoms with Crippen molar-refractivity contribution in [2.45, 2.75) is 6.92 Å². The lowest BCUT2D eigenvalue weighted by Crippen LogP contribution is -2.08. The van der Waals surface area contributed by atoms with Crippen LogP contribution in [0.5, 0.6) is 0 Å². The molecule has 21 heavy (non-hydrogen) atoms. The molecule has 0 unspecified atom stereocenters. The van der Waals surface area contributed by atoms with E-state index in [2.05, 4.69) is 15.0 Å². The first-order valence-electron chi connectivity index (χ1n) is 6.52. The van der Waals surface area contributed by atoms with Gasteiger partial charge >= 0.3 is 0 Å². The second-order valence-electron chi connectivity index (χ2n) is 4.79. The number of nitrogens with zero attached hydrogens (tertiary/aromatic N) is 2. The Bertz CT molecular complexity index is 840. The van der Waals surface area contributed by atoms with Crippen LogP contribution in [0.2, 0.25) is 0 Å². The van der Waals surface area contributed by atoms with Gasteiger partial charge in [-0.05, 0) is 30.7 Å². The molecule has 0 amide bonds. The van der Waals surface area contributed by atoms with Gasteiger partial charge in [0.2, 0.25) is 0 Å². The number of aromatic amines is 1.